The number of carbonyl (C=O) groups is 3. The number of amides is 3. The third-order valence-electron chi connectivity index (χ3n) is 6.90. The zero-order valence-electron chi connectivity index (χ0n) is 31.1. The van der Waals surface area contributed by atoms with E-state index in [9.17, 15) is 19.5 Å². The van der Waals surface area contributed by atoms with Gasteiger partial charge in [-0.1, -0.05) is 12.1 Å². The van der Waals surface area contributed by atoms with Crippen molar-refractivity contribution < 1.29 is 62.1 Å². The van der Waals surface area contributed by atoms with E-state index in [0.29, 0.717) is 143 Å². The minimum absolute atomic E-state index is 0.105. The number of rotatable bonds is 38. The molecule has 0 spiro atoms. The van der Waals surface area contributed by atoms with Crippen molar-refractivity contribution in [3.8, 4) is 0 Å². The maximum absolute atomic E-state index is 12.8. The molecule has 0 saturated heterocycles. The van der Waals surface area contributed by atoms with Crippen molar-refractivity contribution in [2.45, 2.75) is 31.9 Å². The molecule has 1 aromatic carbocycles. The number of aliphatic hydroxyl groups excluding tert-OH is 1. The van der Waals surface area contributed by atoms with E-state index in [-0.39, 0.29) is 38.9 Å². The monoisotopic (exact) mass is 761 g/mol. The Balaban J connectivity index is 1.92. The summed E-state index contributed by atoms with van der Waals surface area (Å²) in [4.78, 5) is 37.3. The second-order valence-electron chi connectivity index (χ2n) is 11.3. The fourth-order valence-electron chi connectivity index (χ4n) is 4.20. The molecule has 18 heteroatoms. The van der Waals surface area contributed by atoms with Crippen LogP contribution in [0.5, 0.6) is 0 Å². The minimum Gasteiger partial charge on any atom is -0.392 e. The average molecular weight is 762 g/mol. The van der Waals surface area contributed by atoms with Gasteiger partial charge in [-0.05, 0) is 43.5 Å². The Bertz CT molecular complexity index is 1030. The molecule has 0 bridgehead atoms. The van der Waals surface area contributed by atoms with Gasteiger partial charge in [-0.15, -0.1) is 0 Å². The van der Waals surface area contributed by atoms with Crippen molar-refractivity contribution in [2.75, 3.05) is 144 Å². The van der Waals surface area contributed by atoms with Crippen LogP contribution < -0.4 is 27.4 Å². The summed E-state index contributed by atoms with van der Waals surface area (Å²) < 4.78 is 48.4. The molecule has 0 saturated carbocycles. The minimum atomic E-state index is -0.804. The summed E-state index contributed by atoms with van der Waals surface area (Å²) >= 11 is 0. The molecule has 0 aliphatic rings. The summed E-state index contributed by atoms with van der Waals surface area (Å²) in [6, 6.07) is 5.92. The smallest absolute Gasteiger partial charge is 0.246 e. The predicted molar refractivity (Wildman–Crippen MR) is 195 cm³/mol. The number of carbonyl (C=O) groups excluding carboxylic acids is 3. The van der Waals surface area contributed by atoms with Crippen LogP contribution in [0.1, 0.15) is 24.8 Å². The quantitative estimate of drug-likeness (QED) is 0.0441. The maximum atomic E-state index is 12.8. The van der Waals surface area contributed by atoms with Crippen LogP contribution in [0.2, 0.25) is 0 Å². The third-order valence-corrected chi connectivity index (χ3v) is 6.90. The molecule has 1 atom stereocenters. The first kappa shape index (κ1) is 48.2. The Kier molecular flexibility index (Phi) is 32.8. The number of nitrogens with one attached hydrogen (secondary N) is 3. The van der Waals surface area contributed by atoms with E-state index in [0.717, 1.165) is 0 Å². The summed E-state index contributed by atoms with van der Waals surface area (Å²) in [5.41, 5.74) is 12.1. The molecular weight excluding hydrogens is 698 g/mol. The first-order valence-electron chi connectivity index (χ1n) is 18.2. The summed E-state index contributed by atoms with van der Waals surface area (Å²) in [7, 11) is 0. The van der Waals surface area contributed by atoms with Gasteiger partial charge in [-0.2, -0.15) is 0 Å². The normalized spacial score (nSPS) is 11.8. The molecule has 53 heavy (non-hydrogen) atoms. The van der Waals surface area contributed by atoms with Crippen LogP contribution in [-0.4, -0.2) is 167 Å². The van der Waals surface area contributed by atoms with Crippen LogP contribution in [-0.2, 0) is 63.6 Å². The van der Waals surface area contributed by atoms with E-state index in [2.05, 4.69) is 16.0 Å². The molecule has 1 aromatic rings. The third kappa shape index (κ3) is 30.2. The van der Waals surface area contributed by atoms with Gasteiger partial charge < -0.3 is 75.2 Å². The highest BCUT2D eigenvalue weighted by atomic mass is 16.6. The Labute approximate surface area is 313 Å². The van der Waals surface area contributed by atoms with Crippen molar-refractivity contribution >= 4 is 23.4 Å². The van der Waals surface area contributed by atoms with Crippen molar-refractivity contribution in [1.29, 1.82) is 0 Å². The van der Waals surface area contributed by atoms with E-state index in [1.807, 2.05) is 0 Å². The van der Waals surface area contributed by atoms with Gasteiger partial charge in [0, 0.05) is 18.8 Å². The van der Waals surface area contributed by atoms with Crippen molar-refractivity contribution in [3.63, 3.8) is 0 Å². The van der Waals surface area contributed by atoms with E-state index >= 15 is 0 Å². The molecular formula is C35H63N5O13. The van der Waals surface area contributed by atoms with Gasteiger partial charge in [0.2, 0.25) is 17.7 Å². The first-order valence-corrected chi connectivity index (χ1v) is 18.2. The lowest BCUT2D eigenvalue weighted by Crippen LogP contribution is -2.45. The average Bonchev–Trinajstić information content (AvgIpc) is 3.16. The molecule has 1 unspecified atom stereocenters. The van der Waals surface area contributed by atoms with Crippen molar-refractivity contribution in [1.82, 2.24) is 10.6 Å². The molecule has 0 radical (unpaired) electrons. The number of hydrogen-bond acceptors (Lipinski definition) is 15. The Morgan fingerprint density at radius 3 is 1.47 bits per heavy atom. The lowest BCUT2D eigenvalue weighted by atomic mass is 10.1. The Morgan fingerprint density at radius 1 is 0.566 bits per heavy atom. The van der Waals surface area contributed by atoms with Crippen molar-refractivity contribution in [3.05, 3.63) is 29.8 Å². The number of anilines is 1. The first-order chi connectivity index (χ1) is 26.0. The van der Waals surface area contributed by atoms with Crippen LogP contribution in [0.4, 0.5) is 5.69 Å². The number of benzene rings is 1. The van der Waals surface area contributed by atoms with Crippen LogP contribution in [0.3, 0.4) is 0 Å². The van der Waals surface area contributed by atoms with Gasteiger partial charge in [0.05, 0.1) is 112 Å². The molecule has 0 aromatic heterocycles. The lowest BCUT2D eigenvalue weighted by molar-refractivity contribution is -0.133. The molecule has 1 rings (SSSR count). The fraction of sp³-hybridized carbons (Fsp3) is 0.743. The fourth-order valence-corrected chi connectivity index (χ4v) is 4.20. The van der Waals surface area contributed by atoms with Gasteiger partial charge >= 0.3 is 0 Å². The number of ether oxygens (including phenoxy) is 9. The molecule has 18 nitrogen and oxygen atoms in total. The zero-order chi connectivity index (χ0) is 38.5. The van der Waals surface area contributed by atoms with Gasteiger partial charge in [0.1, 0.15) is 19.3 Å². The topological polar surface area (TPSA) is 243 Å². The van der Waals surface area contributed by atoms with E-state index in [1.54, 1.807) is 24.3 Å². The van der Waals surface area contributed by atoms with Crippen molar-refractivity contribution in [2.24, 2.45) is 11.5 Å². The molecule has 8 N–H and O–H groups in total. The van der Waals surface area contributed by atoms with Gasteiger partial charge in [0.15, 0.2) is 0 Å². The second kappa shape index (κ2) is 36.1. The largest absolute Gasteiger partial charge is 0.392 e. The summed E-state index contributed by atoms with van der Waals surface area (Å²) in [6.07, 6.45) is 1.73. The summed E-state index contributed by atoms with van der Waals surface area (Å²) in [5, 5.41) is 17.3. The van der Waals surface area contributed by atoms with Crippen LogP contribution in [0, 0.1) is 0 Å². The summed E-state index contributed by atoms with van der Waals surface area (Å²) in [6.45, 7) is 7.72. The van der Waals surface area contributed by atoms with Gasteiger partial charge in [-0.25, -0.2) is 0 Å². The number of hydrogen-bond donors (Lipinski definition) is 6. The highest BCUT2D eigenvalue weighted by Gasteiger charge is 2.21. The second-order valence-corrected chi connectivity index (χ2v) is 11.3. The van der Waals surface area contributed by atoms with Gasteiger partial charge in [-0.3, -0.25) is 14.4 Å². The number of nitrogens with two attached hydrogens (primary N) is 2. The number of aliphatic hydroxyl groups is 1. The molecule has 0 aliphatic carbocycles. The summed E-state index contributed by atoms with van der Waals surface area (Å²) in [5.74, 6) is -1.32. The van der Waals surface area contributed by atoms with Crippen LogP contribution >= 0.6 is 0 Å². The molecule has 3 amide bonds. The number of unbranched alkanes of at least 4 members (excludes halogenated alkanes) is 1. The van der Waals surface area contributed by atoms with Crippen LogP contribution in [0.15, 0.2) is 24.3 Å². The van der Waals surface area contributed by atoms with E-state index < -0.39 is 17.9 Å². The lowest BCUT2D eigenvalue weighted by Gasteiger charge is -2.18. The molecule has 306 valence electrons. The Morgan fingerprint density at radius 2 is 1.02 bits per heavy atom. The Hall–Kier alpha value is -2.85. The van der Waals surface area contributed by atoms with E-state index in [4.69, 9.17) is 54.1 Å². The molecule has 0 aliphatic heterocycles. The zero-order valence-corrected chi connectivity index (χ0v) is 31.1. The highest BCUT2D eigenvalue weighted by molar-refractivity contribution is 5.97. The predicted octanol–water partition coefficient (Wildman–Crippen LogP) is -1.04. The SMILES string of the molecule is NCCCCC(NC(=O)COCC(=O)NCCOCCOCCOCCOCCOCCOCCOCCOCCN)C(=O)Nc1ccc(CO)cc1. The van der Waals surface area contributed by atoms with Crippen LogP contribution in [0.25, 0.3) is 0 Å². The standard InChI is InChI=1S/C35H63N5O13/c36-8-2-1-3-32(35(44)39-31-6-4-30(27-41)5-7-31)40-34(43)29-53-28-33(42)38-10-12-46-14-16-48-18-20-50-22-24-52-26-25-51-23-21-49-19-17-47-15-13-45-11-9-37/h4-7,32,41H,1-3,8-29,36-37H2,(H,38,42)(H,39,44)(H,40,43). The van der Waals surface area contributed by atoms with Gasteiger partial charge in [0.25, 0.3) is 0 Å². The maximum Gasteiger partial charge on any atom is 0.246 e. The molecule has 0 heterocycles. The highest BCUT2D eigenvalue weighted by Crippen LogP contribution is 2.11. The van der Waals surface area contributed by atoms with E-state index in [1.165, 1.54) is 0 Å². The molecule has 0 fully saturated rings.